The van der Waals surface area contributed by atoms with Gasteiger partial charge in [-0.25, -0.2) is 0 Å². The molecule has 1 saturated carbocycles. The zero-order valence-corrected chi connectivity index (χ0v) is 13.2. The van der Waals surface area contributed by atoms with Crippen molar-refractivity contribution in [2.45, 2.75) is 52.1 Å². The van der Waals surface area contributed by atoms with E-state index in [1.54, 1.807) is 4.90 Å². The summed E-state index contributed by atoms with van der Waals surface area (Å²) in [5.41, 5.74) is 0. The van der Waals surface area contributed by atoms with Crippen molar-refractivity contribution >= 4 is 11.8 Å². The topological polar surface area (TPSA) is 69.6 Å². The summed E-state index contributed by atoms with van der Waals surface area (Å²) in [6, 6.07) is 0. The number of nitrogens with zero attached hydrogens (tertiary/aromatic N) is 1. The van der Waals surface area contributed by atoms with E-state index in [0.29, 0.717) is 31.3 Å². The molecule has 1 atom stereocenters. The maximum absolute atomic E-state index is 12.0. The highest BCUT2D eigenvalue weighted by Gasteiger charge is 2.29. The number of carbonyl (C=O) groups excluding carboxylic acids is 2. The lowest BCUT2D eigenvalue weighted by molar-refractivity contribution is -0.143. The molecule has 2 rings (SSSR count). The van der Waals surface area contributed by atoms with Crippen molar-refractivity contribution in [1.82, 2.24) is 10.2 Å². The van der Waals surface area contributed by atoms with Crippen LogP contribution in [-0.4, -0.2) is 47.6 Å². The Morgan fingerprint density at radius 2 is 1.76 bits per heavy atom. The fourth-order valence-electron chi connectivity index (χ4n) is 2.74. The molecule has 2 N–H and O–H groups in total. The summed E-state index contributed by atoms with van der Waals surface area (Å²) in [6.07, 6.45) is 4.00. The molecule has 1 unspecified atom stereocenters. The van der Waals surface area contributed by atoms with Crippen LogP contribution in [0.4, 0.5) is 0 Å². The van der Waals surface area contributed by atoms with E-state index in [-0.39, 0.29) is 17.7 Å². The second-order valence-corrected chi connectivity index (χ2v) is 6.91. The van der Waals surface area contributed by atoms with Crippen molar-refractivity contribution < 1.29 is 14.7 Å². The molecule has 1 saturated heterocycles. The molecule has 0 aromatic rings. The van der Waals surface area contributed by atoms with E-state index >= 15 is 0 Å². The lowest BCUT2D eigenvalue weighted by atomic mass is 9.95. The molecule has 2 amide bonds. The van der Waals surface area contributed by atoms with Crippen molar-refractivity contribution in [2.24, 2.45) is 17.8 Å². The molecule has 0 aromatic carbocycles. The average molecular weight is 296 g/mol. The Balaban J connectivity index is 1.65. The van der Waals surface area contributed by atoms with E-state index in [1.165, 1.54) is 12.8 Å². The summed E-state index contributed by atoms with van der Waals surface area (Å²) in [5, 5.41) is 12.8. The normalized spacial score (nSPS) is 21.4. The molecule has 5 heteroatoms. The first kappa shape index (κ1) is 16.3. The van der Waals surface area contributed by atoms with Gasteiger partial charge in [-0.3, -0.25) is 9.59 Å². The minimum absolute atomic E-state index is 0.0445. The second kappa shape index (κ2) is 7.25. The monoisotopic (exact) mass is 296 g/mol. The zero-order valence-electron chi connectivity index (χ0n) is 13.2. The number of rotatable bonds is 6. The SMILES string of the molecule is CC(C)C(O)C(=O)N1CCC(CNC(=O)CC2CC2)CC1. The third kappa shape index (κ3) is 4.99. The molecule has 5 nitrogen and oxygen atoms in total. The van der Waals surface area contributed by atoms with Gasteiger partial charge in [-0.2, -0.15) is 0 Å². The number of likely N-dealkylation sites (tertiary alicyclic amines) is 1. The molecule has 0 aromatic heterocycles. The number of aliphatic hydroxyl groups is 1. The van der Waals surface area contributed by atoms with E-state index in [0.717, 1.165) is 19.4 Å². The largest absolute Gasteiger partial charge is 0.383 e. The van der Waals surface area contributed by atoms with Crippen molar-refractivity contribution in [1.29, 1.82) is 0 Å². The van der Waals surface area contributed by atoms with Crippen LogP contribution in [0.25, 0.3) is 0 Å². The number of hydrogen-bond acceptors (Lipinski definition) is 3. The number of carbonyl (C=O) groups is 2. The van der Waals surface area contributed by atoms with Crippen LogP contribution in [0.3, 0.4) is 0 Å². The summed E-state index contributed by atoms with van der Waals surface area (Å²) < 4.78 is 0. The van der Waals surface area contributed by atoms with Crippen molar-refractivity contribution in [2.75, 3.05) is 19.6 Å². The van der Waals surface area contributed by atoms with Crippen LogP contribution < -0.4 is 5.32 Å². The van der Waals surface area contributed by atoms with Crippen LogP contribution in [0.2, 0.25) is 0 Å². The number of aliphatic hydroxyl groups excluding tert-OH is 1. The Hall–Kier alpha value is -1.10. The Morgan fingerprint density at radius 3 is 2.29 bits per heavy atom. The van der Waals surface area contributed by atoms with Gasteiger partial charge in [-0.15, -0.1) is 0 Å². The quantitative estimate of drug-likeness (QED) is 0.773. The summed E-state index contributed by atoms with van der Waals surface area (Å²) >= 11 is 0. The first-order valence-corrected chi connectivity index (χ1v) is 8.21. The van der Waals surface area contributed by atoms with Gasteiger partial charge in [-0.1, -0.05) is 13.8 Å². The standard InChI is InChI=1S/C16H28N2O3/c1-11(2)15(20)16(21)18-7-5-13(6-8-18)10-17-14(19)9-12-3-4-12/h11-13,15,20H,3-10H2,1-2H3,(H,17,19). The van der Waals surface area contributed by atoms with Crippen LogP contribution in [0.5, 0.6) is 0 Å². The van der Waals surface area contributed by atoms with Gasteiger partial charge in [-0.05, 0) is 43.4 Å². The van der Waals surface area contributed by atoms with Gasteiger partial charge < -0.3 is 15.3 Å². The molecule has 1 aliphatic carbocycles. The third-order valence-corrected chi connectivity index (χ3v) is 4.57. The lowest BCUT2D eigenvalue weighted by Crippen LogP contribution is -2.46. The number of nitrogens with one attached hydrogen (secondary N) is 1. The van der Waals surface area contributed by atoms with Crippen molar-refractivity contribution in [3.05, 3.63) is 0 Å². The van der Waals surface area contributed by atoms with Gasteiger partial charge in [0.15, 0.2) is 0 Å². The smallest absolute Gasteiger partial charge is 0.251 e. The van der Waals surface area contributed by atoms with E-state index in [9.17, 15) is 14.7 Å². The summed E-state index contributed by atoms with van der Waals surface area (Å²) in [5.74, 6) is 1.06. The molecule has 2 fully saturated rings. The van der Waals surface area contributed by atoms with Crippen LogP contribution >= 0.6 is 0 Å². The molecule has 0 bridgehead atoms. The summed E-state index contributed by atoms with van der Waals surface area (Å²) in [6.45, 7) is 5.80. The highest BCUT2D eigenvalue weighted by atomic mass is 16.3. The van der Waals surface area contributed by atoms with Gasteiger partial charge in [0.1, 0.15) is 6.10 Å². The van der Waals surface area contributed by atoms with Gasteiger partial charge in [0.2, 0.25) is 5.91 Å². The molecular formula is C16H28N2O3. The summed E-state index contributed by atoms with van der Waals surface area (Å²) in [4.78, 5) is 25.5. The van der Waals surface area contributed by atoms with Gasteiger partial charge >= 0.3 is 0 Å². The second-order valence-electron chi connectivity index (χ2n) is 6.91. The zero-order chi connectivity index (χ0) is 15.4. The van der Waals surface area contributed by atoms with Crippen molar-refractivity contribution in [3.8, 4) is 0 Å². The van der Waals surface area contributed by atoms with Crippen molar-refractivity contribution in [3.63, 3.8) is 0 Å². The fraction of sp³-hybridized carbons (Fsp3) is 0.875. The minimum atomic E-state index is -0.889. The van der Waals surface area contributed by atoms with E-state index < -0.39 is 6.10 Å². The predicted molar refractivity (Wildman–Crippen MR) is 80.5 cm³/mol. The molecule has 2 aliphatic rings. The highest BCUT2D eigenvalue weighted by molar-refractivity contribution is 5.81. The van der Waals surface area contributed by atoms with E-state index in [4.69, 9.17) is 0 Å². The molecule has 120 valence electrons. The van der Waals surface area contributed by atoms with Gasteiger partial charge in [0.05, 0.1) is 0 Å². The Labute approximate surface area is 127 Å². The van der Waals surface area contributed by atoms with E-state index in [2.05, 4.69) is 5.32 Å². The molecule has 0 radical (unpaired) electrons. The third-order valence-electron chi connectivity index (χ3n) is 4.57. The van der Waals surface area contributed by atoms with Crippen LogP contribution in [0, 0.1) is 17.8 Å². The predicted octanol–water partition coefficient (Wildman–Crippen LogP) is 1.16. The maximum Gasteiger partial charge on any atom is 0.251 e. The van der Waals surface area contributed by atoms with Gasteiger partial charge in [0, 0.05) is 26.1 Å². The molecular weight excluding hydrogens is 268 g/mol. The summed E-state index contributed by atoms with van der Waals surface area (Å²) in [7, 11) is 0. The van der Waals surface area contributed by atoms with E-state index in [1.807, 2.05) is 13.8 Å². The maximum atomic E-state index is 12.0. The minimum Gasteiger partial charge on any atom is -0.383 e. The highest BCUT2D eigenvalue weighted by Crippen LogP contribution is 2.32. The number of hydrogen-bond donors (Lipinski definition) is 2. The first-order chi connectivity index (χ1) is 9.97. The lowest BCUT2D eigenvalue weighted by Gasteiger charge is -2.34. The Bertz CT molecular complexity index is 372. The number of amides is 2. The average Bonchev–Trinajstić information content (AvgIpc) is 3.28. The van der Waals surface area contributed by atoms with Crippen LogP contribution in [0.1, 0.15) is 46.0 Å². The molecule has 1 heterocycles. The molecule has 21 heavy (non-hydrogen) atoms. The fourth-order valence-corrected chi connectivity index (χ4v) is 2.74. The van der Waals surface area contributed by atoms with Crippen LogP contribution in [-0.2, 0) is 9.59 Å². The first-order valence-electron chi connectivity index (χ1n) is 8.21. The van der Waals surface area contributed by atoms with Crippen LogP contribution in [0.15, 0.2) is 0 Å². The van der Waals surface area contributed by atoms with Gasteiger partial charge in [0.25, 0.3) is 5.91 Å². The molecule has 1 aliphatic heterocycles. The Morgan fingerprint density at radius 1 is 1.14 bits per heavy atom. The molecule has 0 spiro atoms. The number of piperidine rings is 1. The Kier molecular flexibility index (Phi) is 5.62.